The first-order chi connectivity index (χ1) is 12.7. The van der Waals surface area contributed by atoms with E-state index in [2.05, 4.69) is 5.32 Å². The highest BCUT2D eigenvalue weighted by molar-refractivity contribution is 5.74. The summed E-state index contributed by atoms with van der Waals surface area (Å²) in [5, 5.41) is 8.02. The van der Waals surface area contributed by atoms with Gasteiger partial charge in [0.1, 0.15) is 11.6 Å². The van der Waals surface area contributed by atoms with Gasteiger partial charge in [-0.25, -0.2) is 9.07 Å². The Morgan fingerprint density at radius 2 is 1.54 bits per heavy atom. The second kappa shape index (κ2) is 6.72. The lowest BCUT2D eigenvalue weighted by Crippen LogP contribution is -2.04. The van der Waals surface area contributed by atoms with Gasteiger partial charge >= 0.3 is 0 Å². The van der Waals surface area contributed by atoms with E-state index >= 15 is 0 Å². The number of hydrogen-bond donors (Lipinski definition) is 2. The number of nitrogen functional groups attached to an aromatic ring is 1. The molecule has 4 rings (SSSR count). The SMILES string of the molecule is Nc1ccccc1Nc1cc(-c2ccccc2)nn1-c1ccc(F)cc1. The third-order valence-corrected chi connectivity index (χ3v) is 4.07. The van der Waals surface area contributed by atoms with Crippen LogP contribution in [0.25, 0.3) is 16.9 Å². The summed E-state index contributed by atoms with van der Waals surface area (Å²) in [6.45, 7) is 0. The Hall–Kier alpha value is -3.60. The first kappa shape index (κ1) is 15.9. The molecule has 0 bridgehead atoms. The topological polar surface area (TPSA) is 55.9 Å². The molecule has 0 radical (unpaired) electrons. The average molecular weight is 344 g/mol. The van der Waals surface area contributed by atoms with Crippen molar-refractivity contribution in [3.63, 3.8) is 0 Å². The maximum atomic E-state index is 13.3. The molecule has 0 amide bonds. The van der Waals surface area contributed by atoms with Crippen LogP contribution in [0.15, 0.2) is 84.9 Å². The van der Waals surface area contributed by atoms with Gasteiger partial charge in [-0.05, 0) is 36.4 Å². The molecule has 0 aliphatic carbocycles. The van der Waals surface area contributed by atoms with Gasteiger partial charge in [0.2, 0.25) is 0 Å². The molecular weight excluding hydrogens is 327 g/mol. The third-order valence-electron chi connectivity index (χ3n) is 4.07. The van der Waals surface area contributed by atoms with E-state index in [0.717, 1.165) is 28.5 Å². The largest absolute Gasteiger partial charge is 0.397 e. The number of rotatable bonds is 4. The van der Waals surface area contributed by atoms with Crippen LogP contribution in [0.1, 0.15) is 0 Å². The van der Waals surface area contributed by atoms with Gasteiger partial charge in [-0.15, -0.1) is 0 Å². The number of nitrogens with one attached hydrogen (secondary N) is 1. The van der Waals surface area contributed by atoms with Crippen molar-refractivity contribution in [3.05, 3.63) is 90.7 Å². The highest BCUT2D eigenvalue weighted by Gasteiger charge is 2.12. The number of hydrogen-bond acceptors (Lipinski definition) is 3. The number of nitrogens with zero attached hydrogens (tertiary/aromatic N) is 2. The Bertz CT molecular complexity index is 1020. The van der Waals surface area contributed by atoms with Crippen molar-refractivity contribution in [3.8, 4) is 16.9 Å². The van der Waals surface area contributed by atoms with Crippen LogP contribution in [0.3, 0.4) is 0 Å². The number of anilines is 3. The van der Waals surface area contributed by atoms with Gasteiger partial charge in [0.05, 0.1) is 22.8 Å². The Kier molecular flexibility index (Phi) is 4.11. The molecule has 4 nitrogen and oxygen atoms in total. The monoisotopic (exact) mass is 344 g/mol. The van der Waals surface area contributed by atoms with Crippen molar-refractivity contribution in [2.24, 2.45) is 0 Å². The minimum atomic E-state index is -0.286. The van der Waals surface area contributed by atoms with Crippen LogP contribution in [0.4, 0.5) is 21.6 Å². The van der Waals surface area contributed by atoms with Crippen LogP contribution in [0.5, 0.6) is 0 Å². The number of aromatic nitrogens is 2. The van der Waals surface area contributed by atoms with E-state index in [9.17, 15) is 4.39 Å². The molecule has 0 unspecified atom stereocenters. The summed E-state index contributed by atoms with van der Waals surface area (Å²) in [5.41, 5.74) is 10.0. The van der Waals surface area contributed by atoms with Gasteiger partial charge in [-0.3, -0.25) is 0 Å². The van der Waals surface area contributed by atoms with E-state index in [1.165, 1.54) is 12.1 Å². The molecule has 1 heterocycles. The Labute approximate surface area is 150 Å². The molecule has 3 N–H and O–H groups in total. The van der Waals surface area contributed by atoms with Gasteiger partial charge in [0, 0.05) is 11.6 Å². The second-order valence-electron chi connectivity index (χ2n) is 5.88. The fourth-order valence-electron chi connectivity index (χ4n) is 2.75. The Morgan fingerprint density at radius 1 is 0.846 bits per heavy atom. The first-order valence-corrected chi connectivity index (χ1v) is 8.24. The summed E-state index contributed by atoms with van der Waals surface area (Å²) in [6.07, 6.45) is 0. The smallest absolute Gasteiger partial charge is 0.134 e. The van der Waals surface area contributed by atoms with Gasteiger partial charge in [-0.2, -0.15) is 5.10 Å². The zero-order valence-corrected chi connectivity index (χ0v) is 13.9. The summed E-state index contributed by atoms with van der Waals surface area (Å²) < 4.78 is 15.1. The van der Waals surface area contributed by atoms with E-state index in [1.807, 2.05) is 60.7 Å². The molecule has 0 fully saturated rings. The zero-order chi connectivity index (χ0) is 17.9. The fraction of sp³-hybridized carbons (Fsp3) is 0. The number of benzene rings is 3. The van der Waals surface area contributed by atoms with Crippen LogP contribution >= 0.6 is 0 Å². The predicted octanol–water partition coefficient (Wildman–Crippen LogP) is 5.00. The molecule has 3 aromatic carbocycles. The second-order valence-corrected chi connectivity index (χ2v) is 5.88. The number of halogens is 1. The first-order valence-electron chi connectivity index (χ1n) is 8.24. The van der Waals surface area contributed by atoms with E-state index in [-0.39, 0.29) is 5.82 Å². The third kappa shape index (κ3) is 3.15. The predicted molar refractivity (Wildman–Crippen MR) is 103 cm³/mol. The normalized spacial score (nSPS) is 10.7. The Balaban J connectivity index is 1.81. The van der Waals surface area contributed by atoms with Crippen molar-refractivity contribution >= 4 is 17.2 Å². The molecular formula is C21H17FN4. The van der Waals surface area contributed by atoms with Gasteiger partial charge in [-0.1, -0.05) is 42.5 Å². The summed E-state index contributed by atoms with van der Waals surface area (Å²) in [7, 11) is 0. The summed E-state index contributed by atoms with van der Waals surface area (Å²) in [6, 6.07) is 25.6. The fourth-order valence-corrected chi connectivity index (χ4v) is 2.75. The molecule has 1 aromatic heterocycles. The maximum absolute atomic E-state index is 13.3. The number of para-hydroxylation sites is 2. The van der Waals surface area contributed by atoms with E-state index in [0.29, 0.717) is 5.69 Å². The zero-order valence-electron chi connectivity index (χ0n) is 13.9. The molecule has 0 atom stereocenters. The molecule has 5 heteroatoms. The minimum absolute atomic E-state index is 0.286. The van der Waals surface area contributed by atoms with E-state index < -0.39 is 0 Å². The van der Waals surface area contributed by atoms with Gasteiger partial charge < -0.3 is 11.1 Å². The van der Waals surface area contributed by atoms with Crippen molar-refractivity contribution < 1.29 is 4.39 Å². The van der Waals surface area contributed by atoms with Crippen molar-refractivity contribution in [1.82, 2.24) is 9.78 Å². The average Bonchev–Trinajstić information content (AvgIpc) is 3.09. The van der Waals surface area contributed by atoms with Crippen molar-refractivity contribution in [2.75, 3.05) is 11.1 Å². The molecule has 0 spiro atoms. The van der Waals surface area contributed by atoms with Crippen LogP contribution in [0.2, 0.25) is 0 Å². The summed E-state index contributed by atoms with van der Waals surface area (Å²) in [4.78, 5) is 0. The van der Waals surface area contributed by atoms with Crippen molar-refractivity contribution in [1.29, 1.82) is 0 Å². The van der Waals surface area contributed by atoms with Crippen LogP contribution in [0, 0.1) is 5.82 Å². The standard InChI is InChI=1S/C21H17FN4/c22-16-10-12-17(13-11-16)26-21(24-19-9-5-4-8-18(19)23)14-20(25-26)15-6-2-1-3-7-15/h1-14,24H,23H2. The highest BCUT2D eigenvalue weighted by Crippen LogP contribution is 2.29. The highest BCUT2D eigenvalue weighted by atomic mass is 19.1. The van der Waals surface area contributed by atoms with Crippen LogP contribution in [-0.2, 0) is 0 Å². The quantitative estimate of drug-likeness (QED) is 0.512. The lowest BCUT2D eigenvalue weighted by Gasteiger charge is -2.11. The molecule has 0 saturated carbocycles. The molecule has 0 saturated heterocycles. The molecule has 4 aromatic rings. The molecule has 0 aliphatic heterocycles. The van der Waals surface area contributed by atoms with Gasteiger partial charge in [0.15, 0.2) is 0 Å². The Morgan fingerprint density at radius 3 is 2.27 bits per heavy atom. The molecule has 128 valence electrons. The van der Waals surface area contributed by atoms with Crippen LogP contribution in [-0.4, -0.2) is 9.78 Å². The molecule has 26 heavy (non-hydrogen) atoms. The minimum Gasteiger partial charge on any atom is -0.397 e. The van der Waals surface area contributed by atoms with Crippen LogP contribution < -0.4 is 11.1 Å². The lowest BCUT2D eigenvalue weighted by molar-refractivity contribution is 0.627. The van der Waals surface area contributed by atoms with E-state index in [4.69, 9.17) is 10.8 Å². The maximum Gasteiger partial charge on any atom is 0.134 e. The molecule has 0 aliphatic rings. The van der Waals surface area contributed by atoms with Crippen molar-refractivity contribution in [2.45, 2.75) is 0 Å². The van der Waals surface area contributed by atoms with E-state index in [1.54, 1.807) is 16.8 Å². The van der Waals surface area contributed by atoms with Gasteiger partial charge in [0.25, 0.3) is 0 Å². The summed E-state index contributed by atoms with van der Waals surface area (Å²) in [5.74, 6) is 0.458. The number of nitrogens with two attached hydrogens (primary N) is 1. The lowest BCUT2D eigenvalue weighted by atomic mass is 10.1. The summed E-state index contributed by atoms with van der Waals surface area (Å²) >= 11 is 0.